The van der Waals surface area contributed by atoms with Gasteiger partial charge in [0.25, 0.3) is 0 Å². The molecule has 3 rings (SSSR count). The molecule has 0 unspecified atom stereocenters. The minimum absolute atomic E-state index is 0.0306. The first kappa shape index (κ1) is 28.3. The van der Waals surface area contributed by atoms with Gasteiger partial charge in [0.15, 0.2) is 8.32 Å². The second kappa shape index (κ2) is 12.8. The maximum atomic E-state index is 12.1. The van der Waals surface area contributed by atoms with Crippen molar-refractivity contribution in [1.82, 2.24) is 0 Å². The van der Waals surface area contributed by atoms with Crippen LogP contribution in [-0.2, 0) is 36.6 Å². The van der Waals surface area contributed by atoms with Crippen LogP contribution < -0.4 is 0 Å². The Bertz CT molecular complexity index is 968. The molecule has 0 aromatic heterocycles. The highest BCUT2D eigenvalue weighted by molar-refractivity contribution is 6.74. The summed E-state index contributed by atoms with van der Waals surface area (Å²) in [5, 5.41) is 0.0306. The molecule has 1 aliphatic carbocycles. The molecule has 4 atom stereocenters. The van der Waals surface area contributed by atoms with Crippen molar-refractivity contribution in [3.8, 4) is 0 Å². The molecule has 196 valence electrons. The number of ether oxygens (including phenoxy) is 3. The fraction of sp³-hybridized carbons (Fsp3) is 0.500. The van der Waals surface area contributed by atoms with E-state index in [0.29, 0.717) is 19.6 Å². The summed E-state index contributed by atoms with van der Waals surface area (Å²) in [7, 11) is -2.15. The van der Waals surface area contributed by atoms with Crippen LogP contribution in [0.4, 0.5) is 0 Å². The Kier molecular flexibility index (Phi) is 10.1. The molecule has 2 aromatic carbocycles. The van der Waals surface area contributed by atoms with Gasteiger partial charge < -0.3 is 18.6 Å². The average Bonchev–Trinajstić information content (AvgIpc) is 2.82. The molecule has 0 bridgehead atoms. The lowest BCUT2D eigenvalue weighted by molar-refractivity contribution is -0.181. The van der Waals surface area contributed by atoms with Crippen molar-refractivity contribution in [2.45, 2.75) is 96.3 Å². The van der Waals surface area contributed by atoms with Crippen LogP contribution in [-0.4, -0.2) is 38.7 Å². The van der Waals surface area contributed by atoms with E-state index >= 15 is 0 Å². The highest BCUT2D eigenvalue weighted by Gasteiger charge is 2.44. The van der Waals surface area contributed by atoms with E-state index in [9.17, 15) is 4.79 Å². The first-order chi connectivity index (χ1) is 17.1. The quantitative estimate of drug-likeness (QED) is 0.210. The summed E-state index contributed by atoms with van der Waals surface area (Å²) in [4.78, 5) is 12.1. The van der Waals surface area contributed by atoms with E-state index in [1.807, 2.05) is 60.7 Å². The third kappa shape index (κ3) is 8.13. The maximum Gasteiger partial charge on any atom is 0.302 e. The van der Waals surface area contributed by atoms with Gasteiger partial charge in [-0.2, -0.15) is 0 Å². The standard InChI is InChI=1S/C30H42O5Si/c1-23(31)34-26-19-13-14-20-27(35-36(5,6)30(2,3)4)29(33-22-25-17-11-8-12-18-25)28(26)32-21-24-15-9-7-10-16-24/h7-12,14-18,20,26-29H,13,19,21-22H2,1-6H3/b20-14-/t26-,27-,28+,29+/m1/s1. The zero-order valence-corrected chi connectivity index (χ0v) is 23.6. The highest BCUT2D eigenvalue weighted by Crippen LogP contribution is 2.39. The van der Waals surface area contributed by atoms with Crippen LogP contribution in [0.15, 0.2) is 72.8 Å². The summed E-state index contributed by atoms with van der Waals surface area (Å²) in [6.07, 6.45) is 3.97. The minimum Gasteiger partial charge on any atom is -0.460 e. The first-order valence-corrected chi connectivity index (χ1v) is 15.8. The van der Waals surface area contributed by atoms with Gasteiger partial charge in [-0.3, -0.25) is 4.79 Å². The highest BCUT2D eigenvalue weighted by atomic mass is 28.4. The van der Waals surface area contributed by atoms with Gasteiger partial charge in [-0.15, -0.1) is 0 Å². The van der Waals surface area contributed by atoms with Crippen LogP contribution in [0.1, 0.15) is 51.7 Å². The third-order valence-electron chi connectivity index (χ3n) is 7.08. The van der Waals surface area contributed by atoms with Gasteiger partial charge >= 0.3 is 5.97 Å². The molecule has 1 aliphatic rings. The molecule has 0 N–H and O–H groups in total. The van der Waals surface area contributed by atoms with Crippen molar-refractivity contribution < 1.29 is 23.4 Å². The van der Waals surface area contributed by atoms with E-state index in [1.165, 1.54) is 6.92 Å². The zero-order chi connectivity index (χ0) is 26.2. The molecule has 0 amide bonds. The molecule has 5 nitrogen and oxygen atoms in total. The summed E-state index contributed by atoms with van der Waals surface area (Å²) in [5.74, 6) is -0.318. The molecule has 6 heteroatoms. The van der Waals surface area contributed by atoms with Crippen molar-refractivity contribution in [1.29, 1.82) is 0 Å². The van der Waals surface area contributed by atoms with E-state index in [0.717, 1.165) is 17.5 Å². The van der Waals surface area contributed by atoms with Crippen molar-refractivity contribution in [3.05, 3.63) is 83.9 Å². The van der Waals surface area contributed by atoms with Crippen LogP contribution >= 0.6 is 0 Å². The van der Waals surface area contributed by atoms with Crippen molar-refractivity contribution in [3.63, 3.8) is 0 Å². The van der Waals surface area contributed by atoms with Gasteiger partial charge in [-0.25, -0.2) is 0 Å². The third-order valence-corrected chi connectivity index (χ3v) is 11.6. The number of rotatable bonds is 9. The lowest BCUT2D eigenvalue weighted by Crippen LogP contribution is -2.54. The van der Waals surface area contributed by atoms with Crippen LogP contribution in [0.2, 0.25) is 18.1 Å². The predicted molar refractivity (Wildman–Crippen MR) is 146 cm³/mol. The molecule has 0 fully saturated rings. The Morgan fingerprint density at radius 3 is 1.92 bits per heavy atom. The minimum atomic E-state index is -2.15. The number of benzene rings is 2. The van der Waals surface area contributed by atoms with Gasteiger partial charge in [0.1, 0.15) is 18.3 Å². The second-order valence-corrected chi connectivity index (χ2v) is 15.8. The summed E-state index contributed by atoms with van der Waals surface area (Å²) >= 11 is 0. The number of esters is 1. The monoisotopic (exact) mass is 510 g/mol. The Labute approximate surface area is 217 Å². The van der Waals surface area contributed by atoms with Gasteiger partial charge in [-0.1, -0.05) is 93.6 Å². The zero-order valence-electron chi connectivity index (χ0n) is 22.6. The molecule has 0 saturated carbocycles. The predicted octanol–water partition coefficient (Wildman–Crippen LogP) is 6.83. The van der Waals surface area contributed by atoms with E-state index in [4.69, 9.17) is 18.6 Å². The molecular formula is C30H42O5Si. The summed E-state index contributed by atoms with van der Waals surface area (Å²) < 4.78 is 25.9. The topological polar surface area (TPSA) is 54.0 Å². The average molecular weight is 511 g/mol. The summed E-state index contributed by atoms with van der Waals surface area (Å²) in [6.45, 7) is 13.4. The Balaban J connectivity index is 1.97. The summed E-state index contributed by atoms with van der Waals surface area (Å²) in [6, 6.07) is 20.1. The Morgan fingerprint density at radius 1 is 0.889 bits per heavy atom. The Hall–Kier alpha value is -2.25. The first-order valence-electron chi connectivity index (χ1n) is 12.9. The van der Waals surface area contributed by atoms with E-state index < -0.39 is 26.6 Å². The molecule has 2 aromatic rings. The molecule has 0 heterocycles. The number of hydrogen-bond acceptors (Lipinski definition) is 5. The molecule has 0 spiro atoms. The smallest absolute Gasteiger partial charge is 0.302 e. The Morgan fingerprint density at radius 2 is 1.42 bits per heavy atom. The maximum absolute atomic E-state index is 12.1. The van der Waals surface area contributed by atoms with Gasteiger partial charge in [0.05, 0.1) is 19.3 Å². The van der Waals surface area contributed by atoms with Crippen molar-refractivity contribution >= 4 is 14.3 Å². The molecule has 0 saturated heterocycles. The lowest BCUT2D eigenvalue weighted by atomic mass is 9.95. The van der Waals surface area contributed by atoms with Crippen LogP contribution in [0.5, 0.6) is 0 Å². The molecular weight excluding hydrogens is 468 g/mol. The number of carbonyl (C=O) groups is 1. The van der Waals surface area contributed by atoms with Crippen LogP contribution in [0.3, 0.4) is 0 Å². The van der Waals surface area contributed by atoms with E-state index in [2.05, 4.69) is 46.0 Å². The molecule has 0 aliphatic heterocycles. The number of hydrogen-bond donors (Lipinski definition) is 0. The van der Waals surface area contributed by atoms with Crippen molar-refractivity contribution in [2.75, 3.05) is 0 Å². The van der Waals surface area contributed by atoms with Gasteiger partial charge in [0, 0.05) is 6.92 Å². The summed E-state index contributed by atoms with van der Waals surface area (Å²) in [5.41, 5.74) is 2.13. The fourth-order valence-electron chi connectivity index (χ4n) is 4.05. The normalized spacial score (nSPS) is 23.9. The van der Waals surface area contributed by atoms with Gasteiger partial charge in [0.2, 0.25) is 0 Å². The van der Waals surface area contributed by atoms with Crippen LogP contribution in [0, 0.1) is 0 Å². The SMILES string of the molecule is CC(=O)O[C@@H]1CC/C=C\[C@@H](O[Si](C)(C)C(C)(C)C)[C@H](OCc2ccccc2)[C@H]1OCc1ccccc1. The second-order valence-electron chi connectivity index (χ2n) is 11.0. The number of allylic oxidation sites excluding steroid dienone is 1. The lowest BCUT2D eigenvalue weighted by Gasteiger charge is -2.43. The van der Waals surface area contributed by atoms with E-state index in [-0.39, 0.29) is 17.1 Å². The number of carbonyl (C=O) groups excluding carboxylic acids is 1. The van der Waals surface area contributed by atoms with Gasteiger partial charge in [-0.05, 0) is 42.1 Å². The largest absolute Gasteiger partial charge is 0.460 e. The molecule has 36 heavy (non-hydrogen) atoms. The van der Waals surface area contributed by atoms with Crippen LogP contribution in [0.25, 0.3) is 0 Å². The fourth-order valence-corrected chi connectivity index (χ4v) is 5.30. The van der Waals surface area contributed by atoms with E-state index in [1.54, 1.807) is 0 Å². The van der Waals surface area contributed by atoms with Crippen molar-refractivity contribution in [2.24, 2.45) is 0 Å². The molecule has 0 radical (unpaired) electrons.